The number of benzene rings is 4. The number of aliphatic hydroxyl groups is 1. The third-order valence-electron chi connectivity index (χ3n) is 12.8. The molecular weight excluding hydrogens is 775 g/mol. The number of H-pyrrole nitrogens is 1. The zero-order chi connectivity index (χ0) is 42.5. The molecule has 1 aromatic heterocycles. The number of phenols is 1. The van der Waals surface area contributed by atoms with Crippen LogP contribution < -0.4 is 10.9 Å². The number of methoxy groups -OCH3 is 1. The van der Waals surface area contributed by atoms with Gasteiger partial charge in [0, 0.05) is 62.8 Å². The molecule has 0 aliphatic carbocycles. The predicted octanol–water partition coefficient (Wildman–Crippen LogP) is 5.64. The van der Waals surface area contributed by atoms with Crippen LogP contribution in [-0.4, -0.2) is 100 Å². The maximum Gasteiger partial charge on any atom is 0.410 e. The Bertz CT molecular complexity index is 2390. The van der Waals surface area contributed by atoms with Gasteiger partial charge in [0.05, 0.1) is 24.1 Å². The van der Waals surface area contributed by atoms with Crippen LogP contribution in [0.15, 0.2) is 108 Å². The average Bonchev–Trinajstić information content (AvgIpc) is 3.30. The quantitative estimate of drug-likeness (QED) is 0.109. The highest BCUT2D eigenvalue weighted by Gasteiger charge is 2.47. The summed E-state index contributed by atoms with van der Waals surface area (Å²) >= 11 is 0. The van der Waals surface area contributed by atoms with Crippen LogP contribution in [0.2, 0.25) is 0 Å². The summed E-state index contributed by atoms with van der Waals surface area (Å²) in [5.41, 5.74) is 3.93. The Kier molecular flexibility index (Phi) is 12.5. The van der Waals surface area contributed by atoms with E-state index in [2.05, 4.69) is 15.2 Å². The molecule has 5 aromatic rings. The van der Waals surface area contributed by atoms with Gasteiger partial charge in [-0.05, 0) is 96.8 Å². The maximum absolute atomic E-state index is 14.1. The van der Waals surface area contributed by atoms with E-state index in [1.165, 1.54) is 19.2 Å². The SMILES string of the molecule is COC(=O)N(Cc1ccc(CNCC(O)c2ccc(O)c3[nH]c(=O)ccc23)cc1)Cc1ccc(C(=O)N2CCC(C(=O)OC3CN4CCC3CC4)(c3ccccc3)CC2)cc1. The maximum atomic E-state index is 14.1. The molecule has 2 bridgehead atoms. The molecule has 0 spiro atoms. The van der Waals surface area contributed by atoms with Gasteiger partial charge in [0.15, 0.2) is 0 Å². The van der Waals surface area contributed by atoms with Crippen LogP contribution in [0.25, 0.3) is 10.9 Å². The van der Waals surface area contributed by atoms with Crippen molar-refractivity contribution in [3.63, 3.8) is 0 Å². The lowest BCUT2D eigenvalue weighted by Gasteiger charge is -2.46. The van der Waals surface area contributed by atoms with Crippen LogP contribution in [0, 0.1) is 5.92 Å². The first-order valence-electron chi connectivity index (χ1n) is 21.1. The fourth-order valence-electron chi connectivity index (χ4n) is 9.22. The first-order valence-corrected chi connectivity index (χ1v) is 21.1. The molecule has 2 unspecified atom stereocenters. The molecule has 5 heterocycles. The second kappa shape index (κ2) is 18.3. The van der Waals surface area contributed by atoms with Gasteiger partial charge in [-0.1, -0.05) is 72.8 Å². The topological polar surface area (TPSA) is 165 Å². The van der Waals surface area contributed by atoms with Crippen LogP contribution >= 0.6 is 0 Å². The standard InChI is InChI=1S/C48H53N5O8/c1-60-47(59)53(29-33-9-7-32(8-10-33)27-49-28-41(55)38-15-17-40(54)44-39(38)16-18-43(56)50-44)30-34-11-13-36(14-12-34)45(57)52-25-21-48(22-26-52,37-5-3-2-4-6-37)46(58)61-42-31-51-23-19-35(42)20-24-51/h2-18,35,41-42,49,54-55H,19-31H2,1H3,(H,50,56). The monoisotopic (exact) mass is 827 g/mol. The highest BCUT2D eigenvalue weighted by Crippen LogP contribution is 2.39. The van der Waals surface area contributed by atoms with E-state index in [0.29, 0.717) is 61.5 Å². The number of fused-ring (bicyclic) bond motifs is 4. The van der Waals surface area contributed by atoms with Gasteiger partial charge in [-0.25, -0.2) is 4.79 Å². The van der Waals surface area contributed by atoms with E-state index in [4.69, 9.17) is 9.47 Å². The minimum atomic E-state index is -0.879. The Morgan fingerprint density at radius 3 is 2.15 bits per heavy atom. The lowest BCUT2D eigenvalue weighted by Crippen LogP contribution is -2.55. The average molecular weight is 828 g/mol. The molecule has 13 nitrogen and oxygen atoms in total. The van der Waals surface area contributed by atoms with Gasteiger partial charge in [0.25, 0.3) is 5.91 Å². The minimum Gasteiger partial charge on any atom is -0.506 e. The summed E-state index contributed by atoms with van der Waals surface area (Å²) in [7, 11) is 1.35. The van der Waals surface area contributed by atoms with E-state index in [1.807, 2.05) is 71.6 Å². The van der Waals surface area contributed by atoms with E-state index in [0.717, 1.165) is 54.7 Å². The highest BCUT2D eigenvalue weighted by atomic mass is 16.5. The number of likely N-dealkylation sites (tertiary alicyclic amines) is 1. The molecule has 2 amide bonds. The Hall–Kier alpha value is -6.02. The van der Waals surface area contributed by atoms with Crippen LogP contribution in [-0.2, 0) is 39.3 Å². The van der Waals surface area contributed by atoms with Gasteiger partial charge in [-0.15, -0.1) is 0 Å². The van der Waals surface area contributed by atoms with Crippen molar-refractivity contribution in [3.8, 4) is 5.75 Å². The fourth-order valence-corrected chi connectivity index (χ4v) is 9.22. The number of hydrogen-bond donors (Lipinski definition) is 4. The normalized spacial score (nSPS) is 19.9. The van der Waals surface area contributed by atoms with Crippen molar-refractivity contribution in [2.45, 2.75) is 62.9 Å². The Morgan fingerprint density at radius 1 is 0.852 bits per heavy atom. The van der Waals surface area contributed by atoms with E-state index in [9.17, 15) is 29.4 Å². The number of rotatable bonds is 13. The van der Waals surface area contributed by atoms with E-state index in [-0.39, 0.29) is 47.9 Å². The summed E-state index contributed by atoms with van der Waals surface area (Å²) in [5.74, 6) is 0.0808. The number of pyridine rings is 1. The Balaban J connectivity index is 0.848. The third kappa shape index (κ3) is 9.19. The Labute approximate surface area is 354 Å². The largest absolute Gasteiger partial charge is 0.506 e. The molecule has 4 N–H and O–H groups in total. The molecule has 0 saturated carbocycles. The molecule has 0 radical (unpaired) electrons. The molecule has 4 saturated heterocycles. The number of phenolic OH excluding ortho intramolecular Hbond substituents is 1. The summed E-state index contributed by atoms with van der Waals surface area (Å²) in [6.07, 6.45) is 1.66. The number of nitrogens with one attached hydrogen (secondary N) is 2. The number of piperidine rings is 4. The number of carbonyl (C=O) groups is 3. The van der Waals surface area contributed by atoms with Crippen molar-refractivity contribution in [1.82, 2.24) is 25.0 Å². The van der Waals surface area contributed by atoms with Crippen LogP contribution in [0.5, 0.6) is 5.75 Å². The Morgan fingerprint density at radius 2 is 1.51 bits per heavy atom. The number of aromatic amines is 1. The van der Waals surface area contributed by atoms with Gasteiger partial charge in [0.2, 0.25) is 5.56 Å². The fraction of sp³-hybridized carbons (Fsp3) is 0.375. The number of hydrogen-bond acceptors (Lipinski definition) is 10. The molecule has 9 rings (SSSR count). The number of esters is 1. The van der Waals surface area contributed by atoms with Crippen molar-refractivity contribution in [2.24, 2.45) is 5.92 Å². The van der Waals surface area contributed by atoms with E-state index in [1.54, 1.807) is 29.2 Å². The third-order valence-corrected chi connectivity index (χ3v) is 12.8. The number of nitrogens with zero attached hydrogens (tertiary/aromatic N) is 3. The summed E-state index contributed by atoms with van der Waals surface area (Å²) in [4.78, 5) is 60.9. The number of aromatic hydroxyl groups is 1. The van der Waals surface area contributed by atoms with Crippen molar-refractivity contribution < 1.29 is 34.1 Å². The second-order valence-electron chi connectivity index (χ2n) is 16.6. The molecule has 4 fully saturated rings. The zero-order valence-corrected chi connectivity index (χ0v) is 34.4. The van der Waals surface area contributed by atoms with E-state index < -0.39 is 17.6 Å². The smallest absolute Gasteiger partial charge is 0.410 e. The zero-order valence-electron chi connectivity index (χ0n) is 34.4. The van der Waals surface area contributed by atoms with Gasteiger partial charge < -0.3 is 34.9 Å². The van der Waals surface area contributed by atoms with Crippen molar-refractivity contribution in [3.05, 3.63) is 147 Å². The number of aliphatic hydroxyl groups excluding tert-OH is 1. The molecule has 61 heavy (non-hydrogen) atoms. The van der Waals surface area contributed by atoms with Crippen molar-refractivity contribution in [2.75, 3.05) is 46.4 Å². The number of ether oxygens (including phenoxy) is 2. The first-order chi connectivity index (χ1) is 29.6. The summed E-state index contributed by atoms with van der Waals surface area (Å²) in [6, 6.07) is 31.0. The molecule has 2 atom stereocenters. The summed E-state index contributed by atoms with van der Waals surface area (Å²) < 4.78 is 11.4. The van der Waals surface area contributed by atoms with Crippen LogP contribution in [0.4, 0.5) is 4.79 Å². The molecule has 4 aliphatic rings. The summed E-state index contributed by atoms with van der Waals surface area (Å²) in [6.45, 7) is 5.10. The molecular formula is C48H53N5O8. The predicted molar refractivity (Wildman–Crippen MR) is 230 cm³/mol. The minimum absolute atomic E-state index is 0.0619. The second-order valence-corrected chi connectivity index (χ2v) is 16.6. The molecule has 13 heteroatoms. The van der Waals surface area contributed by atoms with Gasteiger partial charge in [0.1, 0.15) is 11.9 Å². The molecule has 4 aliphatic heterocycles. The molecule has 4 aromatic carbocycles. The molecule has 318 valence electrons. The van der Waals surface area contributed by atoms with Gasteiger partial charge in [-0.2, -0.15) is 0 Å². The van der Waals surface area contributed by atoms with Crippen LogP contribution in [0.1, 0.15) is 70.0 Å². The van der Waals surface area contributed by atoms with Crippen LogP contribution in [0.3, 0.4) is 0 Å². The lowest BCUT2D eigenvalue weighted by atomic mass is 9.72. The number of carbonyl (C=O) groups excluding carboxylic acids is 3. The number of aromatic nitrogens is 1. The van der Waals surface area contributed by atoms with Gasteiger partial charge in [-0.3, -0.25) is 24.2 Å². The van der Waals surface area contributed by atoms with Crippen molar-refractivity contribution >= 4 is 28.9 Å². The highest BCUT2D eigenvalue weighted by molar-refractivity contribution is 5.95. The number of amides is 2. The first kappa shape index (κ1) is 41.7. The van der Waals surface area contributed by atoms with Gasteiger partial charge >= 0.3 is 12.1 Å². The lowest BCUT2D eigenvalue weighted by molar-refractivity contribution is -0.167. The van der Waals surface area contributed by atoms with Crippen molar-refractivity contribution in [1.29, 1.82) is 0 Å². The van der Waals surface area contributed by atoms with E-state index >= 15 is 0 Å². The summed E-state index contributed by atoms with van der Waals surface area (Å²) in [5, 5.41) is 24.9.